The molecule has 3 rings (SSSR count). The molecule has 0 aromatic carbocycles. The Balaban J connectivity index is 1.33. The van der Waals surface area contributed by atoms with Crippen molar-refractivity contribution in [3.8, 4) is 0 Å². The second-order valence-electron chi connectivity index (χ2n) is 8.29. The lowest BCUT2D eigenvalue weighted by Gasteiger charge is -2.36. The Morgan fingerprint density at radius 3 is 2.56 bits per heavy atom. The smallest absolute Gasteiger partial charge is 0.193 e. The minimum atomic E-state index is 0.836. The summed E-state index contributed by atoms with van der Waals surface area (Å²) in [4.78, 5) is 11.9. The first-order valence-corrected chi connectivity index (χ1v) is 10.4. The molecular formula is C20H36N6O. The molecule has 0 bridgehead atoms. The summed E-state index contributed by atoms with van der Waals surface area (Å²) in [6, 6.07) is 1.94. The molecule has 2 unspecified atom stereocenters. The summed E-state index contributed by atoms with van der Waals surface area (Å²) in [6.45, 7) is 14.4. The molecule has 1 aromatic rings. The monoisotopic (exact) mass is 376 g/mol. The molecule has 1 aromatic heterocycles. The van der Waals surface area contributed by atoms with Gasteiger partial charge in [0.15, 0.2) is 5.96 Å². The normalized spacial score (nSPS) is 25.7. The zero-order chi connectivity index (χ0) is 19.1. The van der Waals surface area contributed by atoms with E-state index in [1.165, 1.54) is 32.5 Å². The molecule has 2 aliphatic heterocycles. The summed E-state index contributed by atoms with van der Waals surface area (Å²) in [5.41, 5.74) is 1.01. The van der Waals surface area contributed by atoms with E-state index in [0.717, 1.165) is 62.8 Å². The molecule has 0 amide bonds. The average molecular weight is 377 g/mol. The highest BCUT2D eigenvalue weighted by Gasteiger charge is 2.22. The van der Waals surface area contributed by atoms with E-state index in [2.05, 4.69) is 44.0 Å². The van der Waals surface area contributed by atoms with Crippen LogP contribution < -0.4 is 5.32 Å². The Morgan fingerprint density at radius 1 is 1.19 bits per heavy atom. The molecule has 152 valence electrons. The van der Waals surface area contributed by atoms with Crippen LogP contribution in [0.2, 0.25) is 0 Å². The van der Waals surface area contributed by atoms with Gasteiger partial charge in [0.25, 0.3) is 0 Å². The van der Waals surface area contributed by atoms with Gasteiger partial charge in [0.2, 0.25) is 0 Å². The Hall–Kier alpha value is -1.60. The number of guanidine groups is 1. The van der Waals surface area contributed by atoms with Gasteiger partial charge in [0, 0.05) is 65.5 Å². The Labute approximate surface area is 163 Å². The van der Waals surface area contributed by atoms with Crippen molar-refractivity contribution in [1.82, 2.24) is 25.2 Å². The number of piperazine rings is 1. The molecular weight excluding hydrogens is 340 g/mol. The zero-order valence-electron chi connectivity index (χ0n) is 17.2. The average Bonchev–Trinajstić information content (AvgIpc) is 3.15. The van der Waals surface area contributed by atoms with E-state index in [1.807, 2.05) is 13.1 Å². The number of rotatable bonds is 6. The summed E-state index contributed by atoms with van der Waals surface area (Å²) < 4.78 is 4.92. The van der Waals surface area contributed by atoms with Crippen molar-refractivity contribution in [3.05, 3.63) is 18.0 Å². The van der Waals surface area contributed by atoms with Gasteiger partial charge in [-0.25, -0.2) is 0 Å². The Bertz CT molecular complexity index is 557. The van der Waals surface area contributed by atoms with Gasteiger partial charge in [-0.05, 0) is 31.2 Å². The number of hydrogen-bond acceptors (Lipinski definition) is 5. The molecule has 0 spiro atoms. The topological polar surface area (TPSA) is 60.1 Å². The maximum Gasteiger partial charge on any atom is 0.193 e. The lowest BCUT2D eigenvalue weighted by molar-refractivity contribution is 0.139. The van der Waals surface area contributed by atoms with Gasteiger partial charge in [-0.2, -0.15) is 0 Å². The molecule has 2 aliphatic rings. The summed E-state index contributed by atoms with van der Waals surface area (Å²) >= 11 is 0. The largest absolute Gasteiger partial charge is 0.364 e. The van der Waals surface area contributed by atoms with Crippen LogP contribution in [0.15, 0.2) is 21.8 Å². The van der Waals surface area contributed by atoms with E-state index in [9.17, 15) is 0 Å². The summed E-state index contributed by atoms with van der Waals surface area (Å²) in [6.07, 6.45) is 4.19. The molecule has 7 nitrogen and oxygen atoms in total. The highest BCUT2D eigenvalue weighted by molar-refractivity contribution is 5.79. The van der Waals surface area contributed by atoms with Crippen LogP contribution in [0.1, 0.15) is 32.4 Å². The molecule has 0 saturated carbocycles. The highest BCUT2D eigenvalue weighted by atomic mass is 16.5. The van der Waals surface area contributed by atoms with Gasteiger partial charge in [-0.1, -0.05) is 19.0 Å². The summed E-state index contributed by atoms with van der Waals surface area (Å²) in [5, 5.41) is 7.57. The van der Waals surface area contributed by atoms with E-state index >= 15 is 0 Å². The second-order valence-corrected chi connectivity index (χ2v) is 8.29. The highest BCUT2D eigenvalue weighted by Crippen LogP contribution is 2.20. The summed E-state index contributed by atoms with van der Waals surface area (Å²) in [7, 11) is 1.89. The molecule has 7 heteroatoms. The SMILES string of the molecule is CN=C(NCCCN1CC(C)CC(C)C1)N1CCN(Cc2ccon2)CC1. The maximum absolute atomic E-state index is 4.92. The molecule has 1 N–H and O–H groups in total. The van der Waals surface area contributed by atoms with E-state index in [1.54, 1.807) is 6.26 Å². The molecule has 2 saturated heterocycles. The fraction of sp³-hybridized carbons (Fsp3) is 0.800. The lowest BCUT2D eigenvalue weighted by atomic mass is 9.92. The predicted octanol–water partition coefficient (Wildman–Crippen LogP) is 1.74. The van der Waals surface area contributed by atoms with Gasteiger partial charge in [-0.3, -0.25) is 9.89 Å². The predicted molar refractivity (Wildman–Crippen MR) is 109 cm³/mol. The molecule has 0 radical (unpaired) electrons. The van der Waals surface area contributed by atoms with Crippen LogP contribution >= 0.6 is 0 Å². The van der Waals surface area contributed by atoms with Crippen LogP contribution in [0.25, 0.3) is 0 Å². The van der Waals surface area contributed by atoms with Crippen molar-refractivity contribution in [2.75, 3.05) is 59.4 Å². The number of nitrogens with zero attached hydrogens (tertiary/aromatic N) is 5. The molecule has 27 heavy (non-hydrogen) atoms. The van der Waals surface area contributed by atoms with Gasteiger partial charge < -0.3 is 19.6 Å². The van der Waals surface area contributed by atoms with Crippen molar-refractivity contribution in [1.29, 1.82) is 0 Å². The zero-order valence-corrected chi connectivity index (χ0v) is 17.2. The third kappa shape index (κ3) is 6.21. The number of nitrogens with one attached hydrogen (secondary N) is 1. The van der Waals surface area contributed by atoms with E-state index in [0.29, 0.717) is 0 Å². The molecule has 0 aliphatic carbocycles. The maximum atomic E-state index is 4.92. The second kappa shape index (κ2) is 10.1. The minimum Gasteiger partial charge on any atom is -0.364 e. The number of aliphatic imine (C=N–C) groups is 1. The number of piperidine rings is 1. The Kier molecular flexibility index (Phi) is 7.52. The van der Waals surface area contributed by atoms with Crippen LogP contribution in [-0.2, 0) is 6.54 Å². The van der Waals surface area contributed by atoms with Gasteiger partial charge in [0.05, 0.1) is 5.69 Å². The number of aromatic nitrogens is 1. The van der Waals surface area contributed by atoms with Gasteiger partial charge in [0.1, 0.15) is 6.26 Å². The third-order valence-corrected chi connectivity index (χ3v) is 5.64. The third-order valence-electron chi connectivity index (χ3n) is 5.64. The number of hydrogen-bond donors (Lipinski definition) is 1. The lowest BCUT2D eigenvalue weighted by Crippen LogP contribution is -2.52. The van der Waals surface area contributed by atoms with Gasteiger partial charge >= 0.3 is 0 Å². The minimum absolute atomic E-state index is 0.836. The van der Waals surface area contributed by atoms with Crippen LogP contribution in [0.5, 0.6) is 0 Å². The van der Waals surface area contributed by atoms with E-state index in [4.69, 9.17) is 4.52 Å². The van der Waals surface area contributed by atoms with Crippen LogP contribution in [0.4, 0.5) is 0 Å². The van der Waals surface area contributed by atoms with E-state index in [-0.39, 0.29) is 0 Å². The van der Waals surface area contributed by atoms with Crippen molar-refractivity contribution < 1.29 is 4.52 Å². The van der Waals surface area contributed by atoms with Crippen LogP contribution in [0, 0.1) is 11.8 Å². The fourth-order valence-electron chi connectivity index (χ4n) is 4.48. The van der Waals surface area contributed by atoms with Crippen molar-refractivity contribution in [2.45, 2.75) is 33.2 Å². The van der Waals surface area contributed by atoms with Crippen molar-refractivity contribution >= 4 is 5.96 Å². The van der Waals surface area contributed by atoms with Crippen molar-refractivity contribution in [2.24, 2.45) is 16.8 Å². The number of likely N-dealkylation sites (tertiary alicyclic amines) is 1. The first kappa shape index (κ1) is 20.1. The Morgan fingerprint density at radius 2 is 1.93 bits per heavy atom. The fourth-order valence-corrected chi connectivity index (χ4v) is 4.48. The van der Waals surface area contributed by atoms with Crippen molar-refractivity contribution in [3.63, 3.8) is 0 Å². The molecule has 3 heterocycles. The van der Waals surface area contributed by atoms with Crippen LogP contribution in [0.3, 0.4) is 0 Å². The first-order chi connectivity index (χ1) is 13.1. The molecule has 2 fully saturated rings. The van der Waals surface area contributed by atoms with Crippen LogP contribution in [-0.4, -0.2) is 85.2 Å². The standard InChI is InChI=1S/C20H36N6O/c1-17-13-18(2)15-25(14-17)7-4-6-22-20(21-3)26-10-8-24(9-11-26)16-19-5-12-27-23-19/h5,12,17-18H,4,6-11,13-16H2,1-3H3,(H,21,22). The van der Waals surface area contributed by atoms with Gasteiger partial charge in [-0.15, -0.1) is 0 Å². The summed E-state index contributed by atoms with van der Waals surface area (Å²) in [5.74, 6) is 2.71. The van der Waals surface area contributed by atoms with E-state index < -0.39 is 0 Å². The molecule has 2 atom stereocenters. The quantitative estimate of drug-likeness (QED) is 0.464. The first-order valence-electron chi connectivity index (χ1n) is 10.4.